The summed E-state index contributed by atoms with van der Waals surface area (Å²) in [7, 11) is 1.47. The number of ether oxygens (including phenoxy) is 1. The number of nitrogens with zero attached hydrogens (tertiary/aromatic N) is 3. The van der Waals surface area contributed by atoms with Crippen molar-refractivity contribution in [2.75, 3.05) is 12.0 Å². The number of aryl methyl sites for hydroxylation is 2. The van der Waals surface area contributed by atoms with Gasteiger partial charge in [0, 0.05) is 6.20 Å². The summed E-state index contributed by atoms with van der Waals surface area (Å²) in [6, 6.07) is 12.0. The summed E-state index contributed by atoms with van der Waals surface area (Å²) >= 11 is 1.07. The van der Waals surface area contributed by atoms with Gasteiger partial charge in [-0.05, 0) is 61.4 Å². The molecule has 0 radical (unpaired) electrons. The Morgan fingerprint density at radius 2 is 1.86 bits per heavy atom. The number of hydrogen-bond donors (Lipinski definition) is 2. The molecule has 2 aromatic carbocycles. The molecule has 10 heteroatoms. The van der Waals surface area contributed by atoms with Crippen molar-refractivity contribution in [3.63, 3.8) is 0 Å². The molecule has 37 heavy (non-hydrogen) atoms. The second-order valence-corrected chi connectivity index (χ2v) is 9.58. The molecule has 1 aliphatic heterocycles. The number of aromatic nitrogens is 2. The molecule has 3 heterocycles. The van der Waals surface area contributed by atoms with Crippen molar-refractivity contribution >= 4 is 50.1 Å². The first-order valence-electron chi connectivity index (χ1n) is 11.2. The molecular weight excluding hydrogens is 494 g/mol. The fourth-order valence-corrected chi connectivity index (χ4v) is 5.57. The highest BCUT2D eigenvalue weighted by atomic mass is 32.1. The summed E-state index contributed by atoms with van der Waals surface area (Å²) in [5.41, 5.74) is 2.65. The van der Waals surface area contributed by atoms with Crippen LogP contribution in [-0.2, 0) is 9.59 Å². The van der Waals surface area contributed by atoms with Crippen LogP contribution in [0.3, 0.4) is 0 Å². The number of hydrogen-bond acceptors (Lipinski definition) is 8. The predicted molar refractivity (Wildman–Crippen MR) is 138 cm³/mol. The summed E-state index contributed by atoms with van der Waals surface area (Å²) in [6.45, 7) is 3.68. The molecule has 0 saturated carbocycles. The highest BCUT2D eigenvalue weighted by molar-refractivity contribution is 7.22. The van der Waals surface area contributed by atoms with Crippen molar-refractivity contribution < 1.29 is 29.3 Å². The minimum Gasteiger partial charge on any atom is -0.507 e. The summed E-state index contributed by atoms with van der Waals surface area (Å²) in [4.78, 5) is 48.4. The Labute approximate surface area is 215 Å². The van der Waals surface area contributed by atoms with E-state index in [0.717, 1.165) is 22.5 Å². The van der Waals surface area contributed by atoms with Crippen LogP contribution >= 0.6 is 11.3 Å². The lowest BCUT2D eigenvalue weighted by Crippen LogP contribution is -2.29. The first kappa shape index (κ1) is 24.1. The van der Waals surface area contributed by atoms with E-state index in [2.05, 4.69) is 9.97 Å². The smallest absolute Gasteiger partial charge is 0.335 e. The second kappa shape index (κ2) is 9.14. The Hall–Kier alpha value is -4.57. The summed E-state index contributed by atoms with van der Waals surface area (Å²) in [6.07, 6.45) is 1.53. The molecule has 0 spiro atoms. The van der Waals surface area contributed by atoms with Crippen LogP contribution in [-0.4, -0.2) is 45.0 Å². The van der Waals surface area contributed by atoms with Crippen LogP contribution in [0, 0.1) is 13.8 Å². The maximum Gasteiger partial charge on any atom is 0.335 e. The van der Waals surface area contributed by atoms with Crippen LogP contribution < -0.4 is 9.64 Å². The van der Waals surface area contributed by atoms with Crippen LogP contribution in [0.5, 0.6) is 5.75 Å². The van der Waals surface area contributed by atoms with Gasteiger partial charge in [-0.2, -0.15) is 0 Å². The third-order valence-electron chi connectivity index (χ3n) is 6.12. The molecule has 1 fully saturated rings. The summed E-state index contributed by atoms with van der Waals surface area (Å²) in [5.74, 6) is -2.85. The van der Waals surface area contributed by atoms with E-state index in [1.54, 1.807) is 30.3 Å². The second-order valence-electron chi connectivity index (χ2n) is 8.57. The molecule has 1 saturated heterocycles. The van der Waals surface area contributed by atoms with E-state index in [1.807, 2.05) is 19.9 Å². The van der Waals surface area contributed by atoms with Crippen LogP contribution in [0.1, 0.15) is 38.8 Å². The van der Waals surface area contributed by atoms with E-state index in [0.29, 0.717) is 21.7 Å². The molecule has 1 amide bonds. The molecule has 1 aliphatic rings. The first-order valence-corrected chi connectivity index (χ1v) is 12.0. The molecule has 2 N–H and O–H groups in total. The van der Waals surface area contributed by atoms with Gasteiger partial charge in [0.05, 0.1) is 39.7 Å². The lowest BCUT2D eigenvalue weighted by Gasteiger charge is -2.22. The first-order chi connectivity index (χ1) is 17.7. The molecular formula is C27H21N3O6S. The molecule has 1 atom stereocenters. The van der Waals surface area contributed by atoms with Gasteiger partial charge in [-0.15, -0.1) is 0 Å². The van der Waals surface area contributed by atoms with Crippen molar-refractivity contribution in [2.45, 2.75) is 19.9 Å². The highest BCUT2D eigenvalue weighted by Crippen LogP contribution is 2.45. The number of aliphatic hydroxyl groups excluding tert-OH is 1. The van der Waals surface area contributed by atoms with Crippen LogP contribution in [0.2, 0.25) is 0 Å². The molecule has 0 bridgehead atoms. The van der Waals surface area contributed by atoms with Gasteiger partial charge in [-0.3, -0.25) is 19.5 Å². The molecule has 186 valence electrons. The molecule has 9 nitrogen and oxygen atoms in total. The van der Waals surface area contributed by atoms with Crippen LogP contribution in [0.15, 0.2) is 60.3 Å². The zero-order chi connectivity index (χ0) is 26.4. The van der Waals surface area contributed by atoms with Crippen molar-refractivity contribution in [3.8, 4) is 5.75 Å². The molecule has 4 aromatic rings. The average Bonchev–Trinajstić information content (AvgIpc) is 3.41. The minimum absolute atomic E-state index is 0.0768. The number of anilines is 1. The van der Waals surface area contributed by atoms with Gasteiger partial charge in [0.1, 0.15) is 17.6 Å². The van der Waals surface area contributed by atoms with Crippen LogP contribution in [0.25, 0.3) is 16.0 Å². The van der Waals surface area contributed by atoms with Crippen molar-refractivity contribution in [2.24, 2.45) is 0 Å². The van der Waals surface area contributed by atoms with Gasteiger partial charge < -0.3 is 14.9 Å². The van der Waals surface area contributed by atoms with Gasteiger partial charge in [-0.25, -0.2) is 9.78 Å². The van der Waals surface area contributed by atoms with E-state index in [9.17, 15) is 24.6 Å². The van der Waals surface area contributed by atoms with Crippen molar-refractivity contribution in [1.82, 2.24) is 9.97 Å². The number of carboxylic acid groups (broad SMARTS) is 1. The normalized spacial score (nSPS) is 16.9. The number of aromatic carboxylic acids is 1. The van der Waals surface area contributed by atoms with Gasteiger partial charge >= 0.3 is 11.9 Å². The number of thiazole rings is 1. The third-order valence-corrected chi connectivity index (χ3v) is 7.14. The standard InChI is InChI=1S/C27H21N3O6S/c1-13-10-14(2)24(36-3)16(11-13)22(31)20-21(18-6-4-5-9-28-18)30(25(33)23(20)32)27-29-17-8-7-15(26(34)35)12-19(17)37-27/h4-12,21,31H,1-3H3,(H,34,35)/b22-20+. The number of carbonyl (C=O) groups is 3. The lowest BCUT2D eigenvalue weighted by molar-refractivity contribution is -0.132. The zero-order valence-corrected chi connectivity index (χ0v) is 20.9. The average molecular weight is 516 g/mol. The zero-order valence-electron chi connectivity index (χ0n) is 20.1. The number of carbonyl (C=O) groups excluding carboxylic acids is 2. The van der Waals surface area contributed by atoms with Crippen molar-refractivity contribution in [3.05, 3.63) is 88.2 Å². The van der Waals surface area contributed by atoms with E-state index in [-0.39, 0.29) is 27.6 Å². The van der Waals surface area contributed by atoms with Crippen LogP contribution in [0.4, 0.5) is 5.13 Å². The van der Waals surface area contributed by atoms with E-state index < -0.39 is 23.7 Å². The third kappa shape index (κ3) is 4.01. The summed E-state index contributed by atoms with van der Waals surface area (Å²) in [5, 5.41) is 21.0. The monoisotopic (exact) mass is 515 g/mol. The molecule has 5 rings (SSSR count). The number of ketones is 1. The predicted octanol–water partition coefficient (Wildman–Crippen LogP) is 4.64. The number of carboxylic acids is 1. The number of methoxy groups -OCH3 is 1. The van der Waals surface area contributed by atoms with E-state index >= 15 is 0 Å². The molecule has 1 unspecified atom stereocenters. The Balaban J connectivity index is 1.75. The Kier molecular flexibility index (Phi) is 5.96. The number of benzene rings is 2. The fourth-order valence-electron chi connectivity index (χ4n) is 4.54. The molecule has 2 aromatic heterocycles. The Morgan fingerprint density at radius 1 is 1.08 bits per heavy atom. The number of amides is 1. The number of rotatable bonds is 5. The minimum atomic E-state index is -1.09. The molecule has 0 aliphatic carbocycles. The SMILES string of the molecule is COc1c(C)cc(C)cc1/C(O)=C1\C(=O)C(=O)N(c2nc3ccc(C(=O)O)cc3s2)C1c1ccccn1. The topological polar surface area (TPSA) is 130 Å². The van der Waals surface area contributed by atoms with Crippen molar-refractivity contribution in [1.29, 1.82) is 0 Å². The number of aliphatic hydroxyl groups is 1. The van der Waals surface area contributed by atoms with Gasteiger partial charge in [0.2, 0.25) is 0 Å². The number of fused-ring (bicyclic) bond motifs is 1. The van der Waals surface area contributed by atoms with E-state index in [1.165, 1.54) is 30.3 Å². The number of Topliss-reactive ketones (excluding diaryl/α,β-unsaturated/α-hetero) is 1. The lowest BCUT2D eigenvalue weighted by atomic mass is 9.96. The van der Waals surface area contributed by atoms with E-state index in [4.69, 9.17) is 4.74 Å². The fraction of sp³-hybridized carbons (Fsp3) is 0.148. The maximum atomic E-state index is 13.4. The highest BCUT2D eigenvalue weighted by Gasteiger charge is 2.49. The quantitative estimate of drug-likeness (QED) is 0.223. The van der Waals surface area contributed by atoms with Gasteiger partial charge in [0.25, 0.3) is 5.78 Å². The largest absolute Gasteiger partial charge is 0.507 e. The number of pyridine rings is 1. The summed E-state index contributed by atoms with van der Waals surface area (Å²) < 4.78 is 6.05. The van der Waals surface area contributed by atoms with Gasteiger partial charge in [-0.1, -0.05) is 23.5 Å². The Bertz CT molecular complexity index is 1630. The maximum absolute atomic E-state index is 13.4. The van der Waals surface area contributed by atoms with Gasteiger partial charge in [0.15, 0.2) is 5.13 Å². The Morgan fingerprint density at radius 3 is 2.54 bits per heavy atom.